The standard InChI is InChI=1S/C6H11NO2.C5H9NO2.C2H4I.C2H6.S20.V/c1-7-3-5(4-7)6(8)9-2;1-6-2-4(3-6)5(7)8;1-2-3;1-2;1-3-5-7-9-11-13-15-17-19-20-18-16-14-12-10-8-6-4-2;/h5H,3-4H2,1-2H3;4H,2-3H2,1H3,(H,7,8);2H,1H3;1-2H3;;/q;;-1;;;. The molecule has 28 heteroatoms. The minimum absolute atomic E-state index is 0. The summed E-state index contributed by atoms with van der Waals surface area (Å²) >= 11 is 11.7. The Morgan fingerprint density at radius 1 is 0.698 bits per heavy atom. The zero-order valence-corrected chi connectivity index (χ0v) is 43.0. The summed E-state index contributed by atoms with van der Waals surface area (Å²) < 4.78 is 6.51. The molecule has 0 bridgehead atoms. The molecule has 0 aromatic heterocycles. The first-order valence-corrected chi connectivity index (χ1v) is 37.2. The van der Waals surface area contributed by atoms with Gasteiger partial charge in [0.05, 0.1) is 18.9 Å². The van der Waals surface area contributed by atoms with Crippen molar-refractivity contribution in [3.63, 3.8) is 0 Å². The first-order chi connectivity index (χ1) is 20.3. The van der Waals surface area contributed by atoms with Crippen molar-refractivity contribution in [3.8, 4) is 0 Å². The van der Waals surface area contributed by atoms with Crippen LogP contribution in [0, 0.1) is 16.3 Å². The van der Waals surface area contributed by atoms with Gasteiger partial charge in [-0.3, -0.25) is 14.0 Å². The quantitative estimate of drug-likeness (QED) is 0.256. The van der Waals surface area contributed by atoms with Crippen LogP contribution in [0.3, 0.4) is 0 Å². The van der Waals surface area contributed by atoms with Gasteiger partial charge in [-0.05, 0) is 14.1 Å². The van der Waals surface area contributed by atoms with Crippen LogP contribution in [0.1, 0.15) is 20.8 Å². The molecule has 2 heterocycles. The number of hydrogen-bond donors (Lipinski definition) is 1. The molecule has 0 aromatic rings. The van der Waals surface area contributed by atoms with Gasteiger partial charge in [0.2, 0.25) is 0 Å². The van der Waals surface area contributed by atoms with E-state index in [1.54, 1.807) is 142 Å². The number of carboxylic acid groups (broad SMARTS) is 1. The van der Waals surface area contributed by atoms with Crippen LogP contribution in [-0.4, -0.2) is 74.2 Å². The van der Waals surface area contributed by atoms with Gasteiger partial charge in [0.15, 0.2) is 0 Å². The van der Waals surface area contributed by atoms with E-state index in [4.69, 9.17) is 27.5 Å². The van der Waals surface area contributed by atoms with Crippen LogP contribution < -0.4 is 0 Å². The van der Waals surface area contributed by atoms with E-state index < -0.39 is 5.97 Å². The molecular formula is C15H30IN2O4S20V-. The molecule has 1 radical (unpaired) electrons. The Morgan fingerprint density at radius 2 is 0.930 bits per heavy atom. The van der Waals surface area contributed by atoms with E-state index in [1.807, 2.05) is 44.2 Å². The Balaban J connectivity index is -0.000000272. The first kappa shape index (κ1) is 54.4. The molecule has 43 heavy (non-hydrogen) atoms. The van der Waals surface area contributed by atoms with Crippen molar-refractivity contribution in [2.45, 2.75) is 20.8 Å². The van der Waals surface area contributed by atoms with Crippen molar-refractivity contribution >= 4 is 217 Å². The van der Waals surface area contributed by atoms with Gasteiger partial charge in [-0.2, -0.15) is 6.92 Å². The topological polar surface area (TPSA) is 70.1 Å². The smallest absolute Gasteiger partial charge is 0.311 e. The molecule has 2 rings (SSSR count). The molecule has 2 fully saturated rings. The minimum Gasteiger partial charge on any atom is -0.481 e. The number of rotatable bonds is 2. The van der Waals surface area contributed by atoms with E-state index in [0.29, 0.717) is 0 Å². The number of hydrogen-bond acceptors (Lipinski definition) is 7. The maximum Gasteiger partial charge on any atom is 0.311 e. The molecule has 0 amide bonds. The van der Waals surface area contributed by atoms with Crippen LogP contribution in [0.5, 0.6) is 0 Å². The number of carbonyl (C=O) groups excluding carboxylic acids is 1. The van der Waals surface area contributed by atoms with Crippen LogP contribution in [0.25, 0.3) is 0 Å². The summed E-state index contributed by atoms with van der Waals surface area (Å²) in [7, 11) is 36.2. The molecule has 0 spiro atoms. The fourth-order valence-corrected chi connectivity index (χ4v) is 46.0. The average molecular weight is 1120 g/mol. The summed E-state index contributed by atoms with van der Waals surface area (Å²) in [6, 6.07) is 0. The number of carboxylic acids is 1. The number of likely N-dealkylation sites (tertiary alicyclic amines) is 2. The Bertz CT molecular complexity index is 1500. The van der Waals surface area contributed by atoms with Gasteiger partial charge < -0.3 is 42.2 Å². The Labute approximate surface area is 342 Å². The van der Waals surface area contributed by atoms with Gasteiger partial charge in [0, 0.05) is 227 Å². The summed E-state index contributed by atoms with van der Waals surface area (Å²) in [5.74, 6) is -0.698. The average Bonchev–Trinajstić information content (AvgIpc) is 2.95. The maximum absolute atomic E-state index is 10.7. The largest absolute Gasteiger partial charge is 0.481 e. The van der Waals surface area contributed by atoms with Crippen LogP contribution in [0.2, 0.25) is 0 Å². The third-order valence-corrected chi connectivity index (χ3v) is 41.3. The van der Waals surface area contributed by atoms with Gasteiger partial charge in [-0.15, -0.1) is 0 Å². The number of ether oxygens (including phenoxy) is 1. The monoisotopic (exact) mass is 1120 g/mol. The van der Waals surface area contributed by atoms with E-state index in [-0.39, 0.29) is 36.4 Å². The first-order valence-electron chi connectivity index (χ1n) is 10.6. The van der Waals surface area contributed by atoms with Gasteiger partial charge in [0.25, 0.3) is 0 Å². The molecule has 0 atom stereocenters. The normalized spacial score (nSPS) is 12.6. The summed E-state index contributed by atoms with van der Waals surface area (Å²) in [4.78, 5) is 24.9. The van der Waals surface area contributed by atoms with Crippen molar-refractivity contribution in [2.75, 3.05) is 47.4 Å². The summed E-state index contributed by atoms with van der Waals surface area (Å²) in [6.45, 7) is 9.13. The summed E-state index contributed by atoms with van der Waals surface area (Å²) in [5, 5.41) is 8.32. The van der Waals surface area contributed by atoms with Gasteiger partial charge in [-0.25, -0.2) is 0 Å². The minimum atomic E-state index is -0.664. The number of nitrogens with zero attached hydrogens (tertiary/aromatic N) is 2. The predicted octanol–water partition coefficient (Wildman–Crippen LogP) is 1.93. The van der Waals surface area contributed by atoms with Gasteiger partial charge in [-0.1, -0.05) is 13.8 Å². The molecule has 2 aliphatic heterocycles. The van der Waals surface area contributed by atoms with E-state index in [0.717, 1.165) is 26.2 Å². The Morgan fingerprint density at radius 3 is 1.09 bits per heavy atom. The third kappa shape index (κ3) is 40.9. The fraction of sp³-hybridized carbons (Fsp3) is 0.800. The van der Waals surface area contributed by atoms with Gasteiger partial charge in [0.1, 0.15) is 0 Å². The summed E-state index contributed by atoms with van der Waals surface area (Å²) in [6.07, 6.45) is 0. The molecular weight excluding hydrogens is 1090 g/mol. The number of halogens is 1. The zero-order valence-electron chi connectivity index (χ0n) is 23.1. The third-order valence-electron chi connectivity index (χ3n) is 3.48. The molecule has 257 valence electrons. The van der Waals surface area contributed by atoms with E-state index >= 15 is 0 Å². The van der Waals surface area contributed by atoms with Crippen LogP contribution >= 0.6 is 22.6 Å². The predicted molar refractivity (Wildman–Crippen MR) is 244 cm³/mol. The molecule has 1 N–H and O–H groups in total. The van der Waals surface area contributed by atoms with E-state index in [9.17, 15) is 9.59 Å². The molecule has 0 unspecified atom stereocenters. The molecule has 0 saturated carbocycles. The molecule has 0 aliphatic carbocycles. The molecule has 2 aliphatic rings. The second-order valence-electron chi connectivity index (χ2n) is 6.14. The van der Waals surface area contributed by atoms with Crippen LogP contribution in [0.4, 0.5) is 0 Å². The van der Waals surface area contributed by atoms with E-state index in [2.05, 4.69) is 32.2 Å². The fourth-order valence-electron chi connectivity index (χ4n) is 2.05. The molecule has 6 nitrogen and oxygen atoms in total. The van der Waals surface area contributed by atoms with Crippen molar-refractivity contribution in [3.05, 3.63) is 4.43 Å². The number of esters is 1. The van der Waals surface area contributed by atoms with Gasteiger partial charge >= 0.3 is 11.9 Å². The Kier molecular flexibility index (Phi) is 56.4. The molecule has 2 saturated heterocycles. The zero-order chi connectivity index (χ0) is 32.4. The van der Waals surface area contributed by atoms with E-state index in [1.165, 1.54) is 24.9 Å². The van der Waals surface area contributed by atoms with Crippen molar-refractivity contribution < 1.29 is 38.0 Å². The number of methoxy groups -OCH3 is 1. The summed E-state index contributed by atoms with van der Waals surface area (Å²) in [5.41, 5.74) is 0. The SMILES string of the molecule is CC.CN1CC(C(=O)O)C1.COC(=O)C1CN(C)C1.C[CH-]I.S=S=S=S=S=S=S=S=S=S=S=S=S=S=S=S=S=S=S=S.[V]. The second-order valence-corrected chi connectivity index (χ2v) is 39.2. The van der Waals surface area contributed by atoms with Crippen LogP contribution in [0.15, 0.2) is 0 Å². The number of carbonyl (C=O) groups is 2. The second kappa shape index (κ2) is 44.6. The van der Waals surface area contributed by atoms with Crippen molar-refractivity contribution in [1.29, 1.82) is 0 Å². The Hall–Kier alpha value is 4.57. The number of aliphatic carboxylic acids is 1. The molecule has 0 aromatic carbocycles. The van der Waals surface area contributed by atoms with Crippen LogP contribution in [-0.2, 0) is 215 Å². The van der Waals surface area contributed by atoms with Crippen molar-refractivity contribution in [2.24, 2.45) is 11.8 Å². The maximum atomic E-state index is 10.7. The van der Waals surface area contributed by atoms with Crippen molar-refractivity contribution in [1.82, 2.24) is 9.80 Å².